The number of amides is 6. The second-order valence-electron chi connectivity index (χ2n) is 20.6. The molecule has 19 nitrogen and oxygen atoms in total. The molecule has 4 saturated heterocycles. The Bertz CT molecular complexity index is 2370. The molecule has 394 valence electrons. The first-order valence-corrected chi connectivity index (χ1v) is 26.1. The van der Waals surface area contributed by atoms with Crippen molar-refractivity contribution in [1.29, 1.82) is 0 Å². The van der Waals surface area contributed by atoms with E-state index in [0.29, 0.717) is 60.1 Å². The van der Waals surface area contributed by atoms with Gasteiger partial charge < -0.3 is 38.5 Å². The van der Waals surface area contributed by atoms with Gasteiger partial charge in [-0.3, -0.25) is 34.2 Å². The highest BCUT2D eigenvalue weighted by Gasteiger charge is 2.65. The molecule has 0 spiro atoms. The molecule has 72 heavy (non-hydrogen) atoms. The third-order valence-electron chi connectivity index (χ3n) is 14.8. The van der Waals surface area contributed by atoms with Gasteiger partial charge in [-0.2, -0.15) is 0 Å². The normalized spacial score (nSPS) is 32.7. The zero-order chi connectivity index (χ0) is 52.4. The molecule has 1 saturated carbocycles. The van der Waals surface area contributed by atoms with E-state index < -0.39 is 94.2 Å². The number of aliphatic hydroxyl groups is 1. The van der Waals surface area contributed by atoms with Crippen LogP contribution < -0.4 is 10.2 Å². The van der Waals surface area contributed by atoms with E-state index in [-0.39, 0.29) is 63.0 Å². The predicted molar refractivity (Wildman–Crippen MR) is 262 cm³/mol. The number of likely N-dealkylation sites (tertiary alicyclic amines) is 1. The third kappa shape index (κ3) is 12.2. The number of hydrogen-bond donors (Lipinski definition) is 2. The fourth-order valence-electron chi connectivity index (χ4n) is 10.2. The molecule has 5 heterocycles. The van der Waals surface area contributed by atoms with Crippen molar-refractivity contribution < 1.29 is 72.0 Å². The van der Waals surface area contributed by atoms with E-state index >= 15 is 0 Å². The lowest BCUT2D eigenvalue weighted by Crippen LogP contribution is -2.63. The number of nitrogens with one attached hydrogen (secondary N) is 1. The van der Waals surface area contributed by atoms with E-state index in [1.54, 1.807) is 46.9 Å². The maximum absolute atomic E-state index is 14.3. The molecule has 4 bridgehead atoms. The van der Waals surface area contributed by atoms with Crippen molar-refractivity contribution in [2.24, 2.45) is 17.8 Å². The van der Waals surface area contributed by atoms with Gasteiger partial charge in [0.25, 0.3) is 11.8 Å². The van der Waals surface area contributed by atoms with Gasteiger partial charge in [-0.25, -0.2) is 14.4 Å². The van der Waals surface area contributed by atoms with Gasteiger partial charge in [0.05, 0.1) is 34.4 Å². The Morgan fingerprint density at radius 2 is 1.69 bits per heavy atom. The zero-order valence-electron chi connectivity index (χ0n) is 42.2. The van der Waals surface area contributed by atoms with Gasteiger partial charge in [-0.1, -0.05) is 48.4 Å². The fraction of sp³-hybridized carbons (Fsp3) is 0.647. The van der Waals surface area contributed by atoms with Gasteiger partial charge in [-0.05, 0) is 102 Å². The summed E-state index contributed by atoms with van der Waals surface area (Å²) in [6.45, 7) is 10.8. The minimum absolute atomic E-state index is 0.00361. The number of thioether (sulfide) groups is 1. The number of carbonyl (C=O) groups excluding carboxylic acids is 8. The number of anilines is 1. The number of benzene rings is 1. The number of nitrogens with zero attached hydrogens (tertiary/aromatic N) is 3. The van der Waals surface area contributed by atoms with Gasteiger partial charge in [-0.15, -0.1) is 16.8 Å². The number of carbonyl (C=O) groups is 8. The monoisotopic (exact) mass is 1040 g/mol. The average Bonchev–Trinajstić information content (AvgIpc) is 3.83. The molecule has 5 aliphatic heterocycles. The summed E-state index contributed by atoms with van der Waals surface area (Å²) in [7, 11) is 3.04. The summed E-state index contributed by atoms with van der Waals surface area (Å²) in [6.07, 6.45) is 3.42. The summed E-state index contributed by atoms with van der Waals surface area (Å²) in [5.41, 5.74) is -1.53. The standard InChI is InChI=1S/C51H67ClN4O15S/c1-28-11-9-12-37(66-8)51(65)26-35(68-48(64)53-51)30(3)44-50(6,70-44)38(25-41(59)54(7)34-23-32(21-28)22-29(2)43(34)52)69-47(63)49(4,5)67-19-10-20-72-36-24-42(60)55(45(36)61)27-31-13-15-33(16-14-31)46(62)71-56-39(57)17-18-40(56)58/h9,11-12,22-23,30-31,33,35-38,44,65H,10,13-21,24-27H2,1-8H3,(H,53,64)/b12-9+,28-11+/t30-,31?,33?,35+,36?,37-,38+,44+,50+,51+/m1/s1. The van der Waals surface area contributed by atoms with Gasteiger partial charge in [0.2, 0.25) is 17.7 Å². The summed E-state index contributed by atoms with van der Waals surface area (Å²) in [5.74, 6) is -4.01. The Balaban J connectivity index is 0.960. The molecule has 7 rings (SSSR count). The number of aryl methyl sites for hydroxylation is 1. The van der Waals surface area contributed by atoms with Gasteiger partial charge in [0.15, 0.2) is 11.3 Å². The Morgan fingerprint density at radius 1 is 1.00 bits per heavy atom. The minimum atomic E-state index is -1.85. The Morgan fingerprint density at radius 3 is 2.38 bits per heavy atom. The van der Waals surface area contributed by atoms with Crippen molar-refractivity contribution in [3.8, 4) is 0 Å². The van der Waals surface area contributed by atoms with Crippen molar-refractivity contribution >= 4 is 76.6 Å². The van der Waals surface area contributed by atoms with E-state index in [9.17, 15) is 43.5 Å². The highest BCUT2D eigenvalue weighted by Crippen LogP contribution is 2.49. The lowest BCUT2D eigenvalue weighted by molar-refractivity contribution is -0.201. The third-order valence-corrected chi connectivity index (χ3v) is 16.6. The second-order valence-corrected chi connectivity index (χ2v) is 22.3. The number of ether oxygens (including phenoxy) is 5. The first kappa shape index (κ1) is 54.9. The van der Waals surface area contributed by atoms with Gasteiger partial charge >= 0.3 is 18.0 Å². The lowest BCUT2D eigenvalue weighted by Gasteiger charge is -2.42. The number of rotatable bonds is 13. The second kappa shape index (κ2) is 22.3. The number of epoxide rings is 1. The topological polar surface area (TPSA) is 237 Å². The van der Waals surface area contributed by atoms with Crippen LogP contribution in [-0.2, 0) is 68.5 Å². The number of allylic oxidation sites excluding steroid dienone is 3. The minimum Gasteiger partial charge on any atom is -0.457 e. The summed E-state index contributed by atoms with van der Waals surface area (Å²) < 4.78 is 30.0. The largest absolute Gasteiger partial charge is 0.457 e. The smallest absolute Gasteiger partial charge is 0.409 e. The number of imide groups is 2. The van der Waals surface area contributed by atoms with E-state index in [0.717, 1.165) is 16.7 Å². The number of esters is 1. The van der Waals surface area contributed by atoms with Crippen LogP contribution >= 0.6 is 23.4 Å². The maximum atomic E-state index is 14.3. The number of alkyl carbamates (subject to hydrolysis) is 1. The van der Waals surface area contributed by atoms with Crippen LogP contribution in [0.25, 0.3) is 0 Å². The van der Waals surface area contributed by atoms with E-state index in [4.69, 9.17) is 40.1 Å². The molecule has 6 aliphatic rings. The molecule has 0 radical (unpaired) electrons. The van der Waals surface area contributed by atoms with Crippen molar-refractivity contribution in [2.75, 3.05) is 38.0 Å². The number of fused-ring (bicyclic) bond motifs is 5. The van der Waals surface area contributed by atoms with Crippen molar-refractivity contribution in [3.63, 3.8) is 0 Å². The molecule has 2 N–H and O–H groups in total. The van der Waals surface area contributed by atoms with Crippen molar-refractivity contribution in [3.05, 3.63) is 52.1 Å². The van der Waals surface area contributed by atoms with Crippen LogP contribution in [0.2, 0.25) is 5.02 Å². The van der Waals surface area contributed by atoms with E-state index in [2.05, 4.69) is 5.32 Å². The first-order valence-electron chi connectivity index (χ1n) is 24.6. The van der Waals surface area contributed by atoms with Gasteiger partial charge in [0.1, 0.15) is 23.9 Å². The van der Waals surface area contributed by atoms with E-state index in [1.165, 1.54) is 28.7 Å². The highest BCUT2D eigenvalue weighted by molar-refractivity contribution is 8.00. The maximum Gasteiger partial charge on any atom is 0.409 e. The molecule has 1 aliphatic carbocycles. The molecular weight excluding hydrogens is 976 g/mol. The molecule has 21 heteroatoms. The quantitative estimate of drug-likeness (QED) is 0.108. The SMILES string of the molecule is CO[C@@H]1/C=C/C=C(\C)Cc2cc(C)c(Cl)c(c2)N(C)C(=O)C[C@H](OC(=O)C(C)(C)OCCCSC2CC(=O)N(CC3CCC(C(=O)ON4C(=O)CCC4=O)CC3)C2=O)[C@]2(C)O[C@H]2[C@H](C)[C@@H]2C[C@@]1(O)NC(=O)O2. The molecule has 8 atom stereocenters. The van der Waals surface area contributed by atoms with Crippen LogP contribution in [0.1, 0.15) is 110 Å². The number of hydroxylamine groups is 2. The molecule has 0 aromatic heterocycles. The lowest BCUT2D eigenvalue weighted by atomic mass is 9.82. The molecule has 1 aromatic rings. The van der Waals surface area contributed by atoms with Gasteiger partial charge in [0, 0.05) is 58.9 Å². The number of methoxy groups -OCH3 is 1. The van der Waals surface area contributed by atoms with Crippen LogP contribution in [0.15, 0.2) is 35.9 Å². The van der Waals surface area contributed by atoms with E-state index in [1.807, 2.05) is 32.1 Å². The summed E-state index contributed by atoms with van der Waals surface area (Å²) >= 11 is 8.17. The molecule has 6 amide bonds. The summed E-state index contributed by atoms with van der Waals surface area (Å²) in [4.78, 5) is 112. The van der Waals surface area contributed by atoms with Crippen LogP contribution in [0.3, 0.4) is 0 Å². The fourth-order valence-corrected chi connectivity index (χ4v) is 11.6. The molecule has 1 aromatic carbocycles. The average molecular weight is 1040 g/mol. The Kier molecular flexibility index (Phi) is 17.0. The van der Waals surface area contributed by atoms with Crippen LogP contribution in [0.4, 0.5) is 10.5 Å². The Labute approximate surface area is 428 Å². The van der Waals surface area contributed by atoms with Crippen LogP contribution in [0.5, 0.6) is 0 Å². The first-order chi connectivity index (χ1) is 33.9. The van der Waals surface area contributed by atoms with Crippen LogP contribution in [0, 0.1) is 24.7 Å². The summed E-state index contributed by atoms with van der Waals surface area (Å²) in [6, 6.07) is 3.79. The summed E-state index contributed by atoms with van der Waals surface area (Å²) in [5, 5.41) is 14.7. The van der Waals surface area contributed by atoms with Crippen molar-refractivity contribution in [2.45, 2.75) is 159 Å². The number of halogens is 1. The predicted octanol–water partition coefficient (Wildman–Crippen LogP) is 5.43. The molecular formula is C51H67ClN4O15S. The Hall–Kier alpha value is -4.86. The zero-order valence-corrected chi connectivity index (χ0v) is 43.8. The van der Waals surface area contributed by atoms with Crippen LogP contribution in [-0.4, -0.2) is 142 Å². The van der Waals surface area contributed by atoms with Crippen molar-refractivity contribution in [1.82, 2.24) is 15.3 Å². The molecule has 1 unspecified atom stereocenters. The molecule has 5 fully saturated rings. The number of hydrogen-bond acceptors (Lipinski definition) is 16. The highest BCUT2D eigenvalue weighted by atomic mass is 35.5.